The molecular weight excluding hydrogens is 144 g/mol. The van der Waals surface area contributed by atoms with Gasteiger partial charge in [0.05, 0.1) is 0 Å². The first-order chi connectivity index (χ1) is 5.66. The van der Waals surface area contributed by atoms with Crippen LogP contribution in [0.3, 0.4) is 0 Å². The second kappa shape index (κ2) is 6.90. The molecule has 0 amide bonds. The molecule has 0 saturated heterocycles. The monoisotopic (exact) mass is 164 g/mol. The molecule has 0 N–H and O–H groups in total. The maximum absolute atomic E-state index is 3.80. The fourth-order valence-corrected chi connectivity index (χ4v) is 0.916. The third kappa shape index (κ3) is 7.33. The molecule has 0 heterocycles. The maximum Gasteiger partial charge on any atom is -0.0320 e. The SMILES string of the molecule is C=C(C)C=CC=C(C)CCCC. The van der Waals surface area contributed by atoms with Crippen LogP contribution in [-0.4, -0.2) is 0 Å². The Morgan fingerprint density at radius 2 is 2.00 bits per heavy atom. The topological polar surface area (TPSA) is 0 Å². The van der Waals surface area contributed by atoms with Gasteiger partial charge in [0.1, 0.15) is 0 Å². The molecule has 12 heavy (non-hydrogen) atoms. The van der Waals surface area contributed by atoms with Crippen LogP contribution in [-0.2, 0) is 0 Å². The Kier molecular flexibility index (Phi) is 6.45. The predicted molar refractivity (Wildman–Crippen MR) is 57.2 cm³/mol. The van der Waals surface area contributed by atoms with Gasteiger partial charge in [-0.1, -0.05) is 49.3 Å². The van der Waals surface area contributed by atoms with Crippen molar-refractivity contribution in [2.75, 3.05) is 0 Å². The highest BCUT2D eigenvalue weighted by Crippen LogP contribution is 2.06. The number of hydrogen-bond acceptors (Lipinski definition) is 0. The van der Waals surface area contributed by atoms with Gasteiger partial charge < -0.3 is 0 Å². The van der Waals surface area contributed by atoms with Gasteiger partial charge in [0.25, 0.3) is 0 Å². The zero-order valence-corrected chi connectivity index (χ0v) is 8.56. The summed E-state index contributed by atoms with van der Waals surface area (Å²) in [5, 5.41) is 0. The maximum atomic E-state index is 3.80. The van der Waals surface area contributed by atoms with E-state index in [0.717, 1.165) is 5.57 Å². The van der Waals surface area contributed by atoms with Gasteiger partial charge >= 0.3 is 0 Å². The molecule has 0 atom stereocenters. The van der Waals surface area contributed by atoms with Crippen LogP contribution in [0.5, 0.6) is 0 Å². The van der Waals surface area contributed by atoms with Crippen molar-refractivity contribution in [1.29, 1.82) is 0 Å². The normalized spacial score (nSPS) is 12.4. The summed E-state index contributed by atoms with van der Waals surface area (Å²) < 4.78 is 0. The highest BCUT2D eigenvalue weighted by Gasteiger charge is 1.85. The van der Waals surface area contributed by atoms with Gasteiger partial charge in [0, 0.05) is 0 Å². The van der Waals surface area contributed by atoms with Crippen molar-refractivity contribution in [2.45, 2.75) is 40.0 Å². The lowest BCUT2D eigenvalue weighted by atomic mass is 10.1. The minimum atomic E-state index is 1.11. The predicted octanol–water partition coefficient (Wildman–Crippen LogP) is 4.26. The summed E-state index contributed by atoms with van der Waals surface area (Å²) in [7, 11) is 0. The number of allylic oxidation sites excluding steroid dienone is 5. The van der Waals surface area contributed by atoms with Crippen LogP contribution in [0, 0.1) is 0 Å². The number of rotatable bonds is 5. The summed E-state index contributed by atoms with van der Waals surface area (Å²) in [6, 6.07) is 0. The lowest BCUT2D eigenvalue weighted by molar-refractivity contribution is 0.787. The van der Waals surface area contributed by atoms with Crippen molar-refractivity contribution < 1.29 is 0 Å². The summed E-state index contributed by atoms with van der Waals surface area (Å²) in [5.41, 5.74) is 2.56. The van der Waals surface area contributed by atoms with Gasteiger partial charge in [-0.25, -0.2) is 0 Å². The molecule has 0 aliphatic rings. The molecule has 0 aliphatic heterocycles. The molecule has 0 aromatic carbocycles. The van der Waals surface area contributed by atoms with Crippen molar-refractivity contribution >= 4 is 0 Å². The Morgan fingerprint density at radius 3 is 2.50 bits per heavy atom. The van der Waals surface area contributed by atoms with Crippen LogP contribution in [0.25, 0.3) is 0 Å². The quantitative estimate of drug-likeness (QED) is 0.533. The summed E-state index contributed by atoms with van der Waals surface area (Å²) in [4.78, 5) is 0. The van der Waals surface area contributed by atoms with Crippen LogP contribution in [0.15, 0.2) is 36.0 Å². The molecule has 0 aromatic heterocycles. The zero-order chi connectivity index (χ0) is 9.40. The smallest absolute Gasteiger partial charge is 0.0320 e. The van der Waals surface area contributed by atoms with Crippen molar-refractivity contribution in [3.05, 3.63) is 36.0 Å². The van der Waals surface area contributed by atoms with E-state index in [9.17, 15) is 0 Å². The molecule has 68 valence electrons. The number of hydrogen-bond donors (Lipinski definition) is 0. The Hall–Kier alpha value is -0.780. The van der Waals surface area contributed by atoms with Gasteiger partial charge in [-0.2, -0.15) is 0 Å². The third-order valence-corrected chi connectivity index (χ3v) is 1.69. The molecule has 0 heteroatoms. The molecule has 0 rings (SSSR count). The second-order valence-corrected chi connectivity index (χ2v) is 3.32. The largest absolute Gasteiger partial charge is 0.0961 e. The van der Waals surface area contributed by atoms with E-state index in [2.05, 4.69) is 32.6 Å². The molecule has 0 bridgehead atoms. The van der Waals surface area contributed by atoms with E-state index in [1.807, 2.05) is 13.0 Å². The van der Waals surface area contributed by atoms with E-state index < -0.39 is 0 Å². The number of unbranched alkanes of at least 4 members (excludes halogenated alkanes) is 1. The molecule has 0 fully saturated rings. The third-order valence-electron chi connectivity index (χ3n) is 1.69. The van der Waals surface area contributed by atoms with E-state index in [0.29, 0.717) is 0 Å². The molecule has 0 radical (unpaired) electrons. The van der Waals surface area contributed by atoms with Crippen LogP contribution >= 0.6 is 0 Å². The summed E-state index contributed by atoms with van der Waals surface area (Å²) in [6.07, 6.45) is 10.1. The van der Waals surface area contributed by atoms with Crippen LogP contribution in [0.1, 0.15) is 40.0 Å². The molecule has 0 saturated carbocycles. The highest BCUT2D eigenvalue weighted by molar-refractivity contribution is 5.19. The first-order valence-electron chi connectivity index (χ1n) is 4.66. The van der Waals surface area contributed by atoms with Gasteiger partial charge in [-0.05, 0) is 26.7 Å². The van der Waals surface area contributed by atoms with E-state index in [-0.39, 0.29) is 0 Å². The first kappa shape index (κ1) is 11.2. The minimum Gasteiger partial charge on any atom is -0.0961 e. The average Bonchev–Trinajstić information content (AvgIpc) is 2.00. The fraction of sp³-hybridized carbons (Fsp3) is 0.500. The molecular formula is C12H20. The second-order valence-electron chi connectivity index (χ2n) is 3.32. The molecule has 0 unspecified atom stereocenters. The Bertz CT molecular complexity index is 182. The average molecular weight is 164 g/mol. The van der Waals surface area contributed by atoms with Crippen LogP contribution in [0.2, 0.25) is 0 Å². The molecule has 0 spiro atoms. The lowest BCUT2D eigenvalue weighted by Gasteiger charge is -1.95. The van der Waals surface area contributed by atoms with E-state index in [4.69, 9.17) is 0 Å². The van der Waals surface area contributed by atoms with E-state index in [1.54, 1.807) is 0 Å². The Balaban J connectivity index is 3.75. The molecule has 0 aliphatic carbocycles. The summed E-state index contributed by atoms with van der Waals surface area (Å²) in [6.45, 7) is 10.2. The van der Waals surface area contributed by atoms with Crippen LogP contribution < -0.4 is 0 Å². The van der Waals surface area contributed by atoms with Crippen LogP contribution in [0.4, 0.5) is 0 Å². The zero-order valence-electron chi connectivity index (χ0n) is 8.56. The highest BCUT2D eigenvalue weighted by atomic mass is 13.9. The first-order valence-corrected chi connectivity index (χ1v) is 4.66. The Labute approximate surface area is 76.7 Å². The summed E-state index contributed by atoms with van der Waals surface area (Å²) >= 11 is 0. The van der Waals surface area contributed by atoms with Crippen molar-refractivity contribution in [3.63, 3.8) is 0 Å². The molecule has 0 nitrogen and oxygen atoms in total. The van der Waals surface area contributed by atoms with Crippen molar-refractivity contribution in [2.24, 2.45) is 0 Å². The molecule has 0 aromatic rings. The summed E-state index contributed by atoms with van der Waals surface area (Å²) in [5.74, 6) is 0. The standard InChI is InChI=1S/C12H20/c1-5-6-9-12(4)10-7-8-11(2)3/h7-8,10H,2,5-6,9H2,1,3-4H3. The minimum absolute atomic E-state index is 1.11. The fourth-order valence-electron chi connectivity index (χ4n) is 0.916. The Morgan fingerprint density at radius 1 is 1.33 bits per heavy atom. The van der Waals surface area contributed by atoms with Crippen molar-refractivity contribution in [1.82, 2.24) is 0 Å². The van der Waals surface area contributed by atoms with Gasteiger partial charge in [-0.15, -0.1) is 0 Å². The van der Waals surface area contributed by atoms with Gasteiger partial charge in [0.2, 0.25) is 0 Å². The van der Waals surface area contributed by atoms with E-state index >= 15 is 0 Å². The van der Waals surface area contributed by atoms with Gasteiger partial charge in [-0.3, -0.25) is 0 Å². The van der Waals surface area contributed by atoms with E-state index in [1.165, 1.54) is 24.8 Å². The lowest BCUT2D eigenvalue weighted by Crippen LogP contribution is -1.75. The van der Waals surface area contributed by atoms with Gasteiger partial charge in [0.15, 0.2) is 0 Å². The van der Waals surface area contributed by atoms with Crippen molar-refractivity contribution in [3.8, 4) is 0 Å².